The molecule has 27 heavy (non-hydrogen) atoms. The number of carbonyl (C=O) groups is 3. The van der Waals surface area contributed by atoms with Gasteiger partial charge in [0, 0.05) is 25.3 Å². The van der Waals surface area contributed by atoms with Crippen molar-refractivity contribution in [3.63, 3.8) is 0 Å². The van der Waals surface area contributed by atoms with Crippen molar-refractivity contribution in [1.82, 2.24) is 0 Å². The Bertz CT molecular complexity index is 634. The molecule has 0 fully saturated rings. The predicted molar refractivity (Wildman–Crippen MR) is 94.4 cm³/mol. The van der Waals surface area contributed by atoms with Gasteiger partial charge in [-0.1, -0.05) is 26.8 Å². The molecule has 0 unspecified atom stereocenters. The third-order valence-corrected chi connectivity index (χ3v) is 6.20. The van der Waals surface area contributed by atoms with E-state index in [0.717, 1.165) is 12.1 Å². The van der Waals surface area contributed by atoms with E-state index in [-0.39, 0.29) is 43.7 Å². The van der Waals surface area contributed by atoms with Crippen molar-refractivity contribution in [1.29, 1.82) is 0 Å². The second-order valence-corrected chi connectivity index (χ2v) is 8.23. The van der Waals surface area contributed by atoms with Crippen LogP contribution in [0.3, 0.4) is 0 Å². The van der Waals surface area contributed by atoms with E-state index in [4.69, 9.17) is 13.3 Å². The van der Waals surface area contributed by atoms with Gasteiger partial charge in [0.15, 0.2) is 0 Å². The first kappa shape index (κ1) is 22.7. The summed E-state index contributed by atoms with van der Waals surface area (Å²) in [6.45, 7) is 4.66. The van der Waals surface area contributed by atoms with Crippen LogP contribution >= 0.6 is 0 Å². The fourth-order valence-corrected chi connectivity index (χ4v) is 4.69. The molecule has 0 N–H and O–H groups in total. The van der Waals surface area contributed by atoms with Crippen LogP contribution in [0.1, 0.15) is 52.0 Å². The summed E-state index contributed by atoms with van der Waals surface area (Å²) >= 11 is 0. The molecule has 0 aromatic heterocycles. The average molecular weight is 402 g/mol. The van der Waals surface area contributed by atoms with Crippen molar-refractivity contribution in [2.45, 2.75) is 58.9 Å². The fourth-order valence-electron chi connectivity index (χ4n) is 2.17. The molecule has 0 saturated heterocycles. The molecular weight excluding hydrogens is 378 g/mol. The van der Waals surface area contributed by atoms with Crippen LogP contribution in [0.4, 0.5) is 8.78 Å². The lowest BCUT2D eigenvalue weighted by atomic mass is 10.1. The molecule has 1 aromatic rings. The normalized spacial score (nSPS) is 11.0. The van der Waals surface area contributed by atoms with Crippen LogP contribution in [0.15, 0.2) is 18.2 Å². The maximum atomic E-state index is 13.8. The highest BCUT2D eigenvalue weighted by Crippen LogP contribution is 2.23. The van der Waals surface area contributed by atoms with Crippen LogP contribution in [0.25, 0.3) is 0 Å². The first-order valence-corrected chi connectivity index (χ1v) is 10.8. The molecule has 1 aromatic carbocycles. The second-order valence-electron chi connectivity index (χ2n) is 5.76. The van der Waals surface area contributed by atoms with Gasteiger partial charge in [-0.2, -0.15) is 0 Å². The molecule has 9 heteroatoms. The summed E-state index contributed by atoms with van der Waals surface area (Å²) in [7, 11) is -3.97. The van der Waals surface area contributed by atoms with Gasteiger partial charge in [-0.05, 0) is 24.5 Å². The smallest absolute Gasteiger partial charge is 0.455 e. The summed E-state index contributed by atoms with van der Waals surface area (Å²) < 4.78 is 42.6. The quantitative estimate of drug-likeness (QED) is 0.555. The Morgan fingerprint density at radius 3 is 1.78 bits per heavy atom. The Hall–Kier alpha value is -2.29. The molecule has 0 bridgehead atoms. The molecule has 0 heterocycles. The van der Waals surface area contributed by atoms with Crippen molar-refractivity contribution >= 4 is 26.7 Å². The number of carbonyl (C=O) groups excluding carboxylic acids is 3. The first-order chi connectivity index (χ1) is 12.7. The van der Waals surface area contributed by atoms with E-state index in [9.17, 15) is 23.2 Å². The van der Waals surface area contributed by atoms with Gasteiger partial charge in [0.25, 0.3) is 17.9 Å². The van der Waals surface area contributed by atoms with E-state index < -0.39 is 38.3 Å². The average Bonchev–Trinajstić information content (AvgIpc) is 2.63. The van der Waals surface area contributed by atoms with Gasteiger partial charge in [-0.3, -0.25) is 14.4 Å². The molecule has 1 rings (SSSR count). The van der Waals surface area contributed by atoms with Crippen LogP contribution in [-0.2, 0) is 34.1 Å². The van der Waals surface area contributed by atoms with Crippen molar-refractivity contribution < 1.29 is 36.4 Å². The maximum absolute atomic E-state index is 13.8. The summed E-state index contributed by atoms with van der Waals surface area (Å²) in [5.74, 6) is -3.39. The van der Waals surface area contributed by atoms with Crippen LogP contribution in [0, 0.1) is 11.6 Å². The molecule has 150 valence electrons. The molecule has 6 nitrogen and oxygen atoms in total. The van der Waals surface area contributed by atoms with Gasteiger partial charge in [0.05, 0.1) is 6.04 Å². The Morgan fingerprint density at radius 2 is 1.37 bits per heavy atom. The monoisotopic (exact) mass is 402 g/mol. The lowest BCUT2D eigenvalue weighted by Crippen LogP contribution is -2.50. The Kier molecular flexibility index (Phi) is 9.06. The summed E-state index contributed by atoms with van der Waals surface area (Å²) in [5.41, 5.74) is 0.254. The number of rotatable bonds is 10. The molecular formula is C18H24F2O6Si. The zero-order valence-electron chi connectivity index (χ0n) is 15.7. The van der Waals surface area contributed by atoms with Crippen molar-refractivity contribution in [3.8, 4) is 0 Å². The molecule has 0 spiro atoms. The van der Waals surface area contributed by atoms with E-state index >= 15 is 0 Å². The number of hydrogen-bond donors (Lipinski definition) is 0. The van der Waals surface area contributed by atoms with E-state index in [0.29, 0.717) is 0 Å². The minimum atomic E-state index is -3.97. The Balaban J connectivity index is 2.99. The highest BCUT2D eigenvalue weighted by Gasteiger charge is 2.52. The van der Waals surface area contributed by atoms with Crippen LogP contribution in [0.2, 0.25) is 6.04 Å². The number of benzene rings is 1. The highest BCUT2D eigenvalue weighted by atomic mass is 28.4. The van der Waals surface area contributed by atoms with E-state index in [1.807, 2.05) is 0 Å². The van der Waals surface area contributed by atoms with Crippen molar-refractivity contribution in [3.05, 3.63) is 35.4 Å². The third kappa shape index (κ3) is 7.46. The minimum absolute atomic E-state index is 0.00862. The summed E-state index contributed by atoms with van der Waals surface area (Å²) in [4.78, 5) is 35.5. The third-order valence-electron chi connectivity index (χ3n) is 3.62. The second kappa shape index (κ2) is 10.8. The predicted octanol–water partition coefficient (Wildman–Crippen LogP) is 3.70. The molecule has 0 radical (unpaired) electrons. The highest BCUT2D eigenvalue weighted by molar-refractivity contribution is 6.65. The zero-order valence-corrected chi connectivity index (χ0v) is 16.7. The summed E-state index contributed by atoms with van der Waals surface area (Å²) in [5, 5.41) is 0. The van der Waals surface area contributed by atoms with Crippen LogP contribution in [0.5, 0.6) is 0 Å². The van der Waals surface area contributed by atoms with E-state index in [1.165, 1.54) is 6.07 Å². The molecule has 0 aliphatic heterocycles. The topological polar surface area (TPSA) is 78.9 Å². The van der Waals surface area contributed by atoms with Crippen LogP contribution in [-0.4, -0.2) is 26.7 Å². The lowest BCUT2D eigenvalue weighted by Gasteiger charge is -2.27. The van der Waals surface area contributed by atoms with Crippen molar-refractivity contribution in [2.24, 2.45) is 0 Å². The summed E-state index contributed by atoms with van der Waals surface area (Å²) in [6.07, 6.45) is 0.399. The maximum Gasteiger partial charge on any atom is 0.705 e. The van der Waals surface area contributed by atoms with Gasteiger partial charge in [0.2, 0.25) is 0 Å². The Morgan fingerprint density at radius 1 is 0.889 bits per heavy atom. The SMILES string of the molecule is CCC(=O)O[Si](CCCc1ccc(F)cc1F)(OC(=O)CC)OC(=O)CC. The standard InChI is InChI=1S/C18H24F2O6Si/c1-4-16(21)24-27(25-17(22)5-2,26-18(23)6-3)11-7-8-13-9-10-14(19)12-15(13)20/h9-10,12H,4-8,11H2,1-3H3. The van der Waals surface area contributed by atoms with Crippen LogP contribution < -0.4 is 0 Å². The fraction of sp³-hybridized carbons (Fsp3) is 0.500. The largest absolute Gasteiger partial charge is 0.705 e. The van der Waals surface area contributed by atoms with Gasteiger partial charge in [-0.15, -0.1) is 0 Å². The molecule has 0 atom stereocenters. The lowest BCUT2D eigenvalue weighted by molar-refractivity contribution is -0.150. The van der Waals surface area contributed by atoms with Gasteiger partial charge < -0.3 is 13.3 Å². The van der Waals surface area contributed by atoms with Gasteiger partial charge in [0.1, 0.15) is 11.6 Å². The van der Waals surface area contributed by atoms with E-state index in [2.05, 4.69) is 0 Å². The number of aryl methyl sites for hydroxylation is 1. The zero-order chi connectivity index (χ0) is 20.4. The number of halogens is 2. The molecule has 0 saturated carbocycles. The molecule has 0 amide bonds. The molecule has 0 aliphatic carbocycles. The Labute approximate surface area is 158 Å². The summed E-state index contributed by atoms with van der Waals surface area (Å²) in [6, 6.07) is 3.16. The first-order valence-electron chi connectivity index (χ1n) is 8.84. The number of hydrogen-bond acceptors (Lipinski definition) is 6. The van der Waals surface area contributed by atoms with Gasteiger partial charge in [-0.25, -0.2) is 8.78 Å². The van der Waals surface area contributed by atoms with Crippen molar-refractivity contribution in [2.75, 3.05) is 0 Å². The van der Waals surface area contributed by atoms with E-state index in [1.54, 1.807) is 20.8 Å². The van der Waals surface area contributed by atoms with Gasteiger partial charge >= 0.3 is 8.80 Å². The molecule has 0 aliphatic rings. The minimum Gasteiger partial charge on any atom is -0.455 e.